The Morgan fingerprint density at radius 1 is 1.54 bits per heavy atom. The van der Waals surface area contributed by atoms with E-state index in [1.54, 1.807) is 7.11 Å². The standard InChI is InChI=1S/C10H13NO2/c1-13-9-3-2-7-4-8(12)6-11-10(7)5-9/h2-3,5,8,11-12H,4,6H2,1H3. The maximum absolute atomic E-state index is 9.39. The van der Waals surface area contributed by atoms with Crippen molar-refractivity contribution < 1.29 is 9.84 Å². The van der Waals surface area contributed by atoms with Gasteiger partial charge in [-0.15, -0.1) is 0 Å². The Hall–Kier alpha value is -1.22. The number of fused-ring (bicyclic) bond motifs is 1. The van der Waals surface area contributed by atoms with Crippen molar-refractivity contribution in [3.63, 3.8) is 0 Å². The van der Waals surface area contributed by atoms with Gasteiger partial charge in [-0.25, -0.2) is 0 Å². The minimum Gasteiger partial charge on any atom is -0.497 e. The molecule has 70 valence electrons. The molecule has 3 nitrogen and oxygen atoms in total. The first-order chi connectivity index (χ1) is 6.29. The van der Waals surface area contributed by atoms with Gasteiger partial charge in [0.1, 0.15) is 5.75 Å². The van der Waals surface area contributed by atoms with Crippen molar-refractivity contribution >= 4 is 5.69 Å². The molecule has 1 aliphatic rings. The molecule has 0 fully saturated rings. The van der Waals surface area contributed by atoms with Crippen molar-refractivity contribution in [2.24, 2.45) is 0 Å². The van der Waals surface area contributed by atoms with Crippen LogP contribution in [0.5, 0.6) is 5.75 Å². The van der Waals surface area contributed by atoms with Crippen molar-refractivity contribution in [1.29, 1.82) is 0 Å². The number of aliphatic hydroxyl groups is 1. The smallest absolute Gasteiger partial charge is 0.120 e. The van der Waals surface area contributed by atoms with Crippen LogP contribution in [0.4, 0.5) is 5.69 Å². The largest absolute Gasteiger partial charge is 0.497 e. The van der Waals surface area contributed by atoms with Gasteiger partial charge in [-0.3, -0.25) is 0 Å². The molecule has 0 saturated carbocycles. The molecule has 1 unspecified atom stereocenters. The molecule has 0 radical (unpaired) electrons. The molecule has 0 spiro atoms. The van der Waals surface area contributed by atoms with Crippen LogP contribution in [-0.2, 0) is 6.42 Å². The lowest BCUT2D eigenvalue weighted by Crippen LogP contribution is -2.27. The van der Waals surface area contributed by atoms with Crippen LogP contribution in [0.2, 0.25) is 0 Å². The summed E-state index contributed by atoms with van der Waals surface area (Å²) in [5.41, 5.74) is 2.23. The van der Waals surface area contributed by atoms with E-state index < -0.39 is 0 Å². The summed E-state index contributed by atoms with van der Waals surface area (Å²) in [6, 6.07) is 5.86. The molecule has 1 aromatic rings. The van der Waals surface area contributed by atoms with Gasteiger partial charge in [0.05, 0.1) is 13.2 Å². The number of ether oxygens (including phenoxy) is 1. The van der Waals surface area contributed by atoms with Crippen molar-refractivity contribution in [2.45, 2.75) is 12.5 Å². The maximum Gasteiger partial charge on any atom is 0.120 e. The van der Waals surface area contributed by atoms with E-state index in [9.17, 15) is 5.11 Å². The molecule has 3 heteroatoms. The Bertz CT molecular complexity index is 312. The number of rotatable bonds is 1. The molecular weight excluding hydrogens is 166 g/mol. The van der Waals surface area contributed by atoms with Gasteiger partial charge in [-0.2, -0.15) is 0 Å². The summed E-state index contributed by atoms with van der Waals surface area (Å²) in [6.45, 7) is 0.625. The highest BCUT2D eigenvalue weighted by molar-refractivity contribution is 5.57. The zero-order chi connectivity index (χ0) is 9.26. The third-order valence-corrected chi connectivity index (χ3v) is 2.30. The first kappa shape index (κ1) is 8.38. The first-order valence-electron chi connectivity index (χ1n) is 4.38. The van der Waals surface area contributed by atoms with E-state index >= 15 is 0 Å². The average Bonchev–Trinajstić information content (AvgIpc) is 2.17. The summed E-state index contributed by atoms with van der Waals surface area (Å²) in [4.78, 5) is 0. The van der Waals surface area contributed by atoms with Crippen molar-refractivity contribution in [2.75, 3.05) is 19.0 Å². The van der Waals surface area contributed by atoms with Gasteiger partial charge >= 0.3 is 0 Å². The minimum absolute atomic E-state index is 0.263. The van der Waals surface area contributed by atoms with Crippen LogP contribution in [0, 0.1) is 0 Å². The second kappa shape index (κ2) is 3.26. The van der Waals surface area contributed by atoms with E-state index in [0.717, 1.165) is 23.4 Å². The highest BCUT2D eigenvalue weighted by Crippen LogP contribution is 2.26. The third kappa shape index (κ3) is 1.60. The number of β-amino-alcohol motifs (C(OH)–C–C–N with tert-alkyl or cyclic N) is 1. The Kier molecular flexibility index (Phi) is 2.10. The van der Waals surface area contributed by atoms with Gasteiger partial charge in [0.2, 0.25) is 0 Å². The van der Waals surface area contributed by atoms with E-state index in [-0.39, 0.29) is 6.10 Å². The van der Waals surface area contributed by atoms with E-state index in [4.69, 9.17) is 4.74 Å². The van der Waals surface area contributed by atoms with Crippen LogP contribution in [0.15, 0.2) is 18.2 Å². The van der Waals surface area contributed by atoms with Crippen LogP contribution in [0.3, 0.4) is 0 Å². The van der Waals surface area contributed by atoms with Gasteiger partial charge in [-0.1, -0.05) is 6.07 Å². The van der Waals surface area contributed by atoms with Crippen LogP contribution in [-0.4, -0.2) is 24.9 Å². The summed E-state index contributed by atoms with van der Waals surface area (Å²) < 4.78 is 5.10. The normalized spacial score (nSPS) is 20.3. The molecule has 1 heterocycles. The second-order valence-corrected chi connectivity index (χ2v) is 3.26. The quantitative estimate of drug-likeness (QED) is 0.676. The predicted molar refractivity (Wildman–Crippen MR) is 51.2 cm³/mol. The molecule has 0 bridgehead atoms. The van der Waals surface area contributed by atoms with Crippen LogP contribution in [0.1, 0.15) is 5.56 Å². The van der Waals surface area contributed by atoms with E-state index in [1.807, 2.05) is 18.2 Å². The summed E-state index contributed by atoms with van der Waals surface area (Å²) in [5, 5.41) is 12.5. The molecule has 1 atom stereocenters. The molecule has 0 amide bonds. The van der Waals surface area contributed by atoms with Gasteiger partial charge in [0.25, 0.3) is 0 Å². The molecule has 1 aromatic carbocycles. The molecule has 2 N–H and O–H groups in total. The van der Waals surface area contributed by atoms with Gasteiger partial charge in [0.15, 0.2) is 0 Å². The highest BCUT2D eigenvalue weighted by Gasteiger charge is 2.15. The maximum atomic E-state index is 9.39. The van der Waals surface area contributed by atoms with Crippen molar-refractivity contribution in [3.8, 4) is 5.75 Å². The number of benzene rings is 1. The highest BCUT2D eigenvalue weighted by atomic mass is 16.5. The molecule has 2 rings (SSSR count). The number of aliphatic hydroxyl groups excluding tert-OH is 1. The Labute approximate surface area is 77.3 Å². The number of hydrogen-bond acceptors (Lipinski definition) is 3. The monoisotopic (exact) mass is 179 g/mol. The number of anilines is 1. The van der Waals surface area contributed by atoms with E-state index in [2.05, 4.69) is 5.32 Å². The number of methoxy groups -OCH3 is 1. The summed E-state index contributed by atoms with van der Waals surface area (Å²) in [6.07, 6.45) is 0.465. The van der Waals surface area contributed by atoms with Crippen molar-refractivity contribution in [3.05, 3.63) is 23.8 Å². The first-order valence-corrected chi connectivity index (χ1v) is 4.38. The lowest BCUT2D eigenvalue weighted by atomic mass is 10.0. The molecule has 0 aliphatic carbocycles. The fraction of sp³-hybridized carbons (Fsp3) is 0.400. The summed E-state index contributed by atoms with van der Waals surface area (Å²) in [5.74, 6) is 0.850. The van der Waals surface area contributed by atoms with Gasteiger partial charge < -0.3 is 15.2 Å². The SMILES string of the molecule is COc1ccc2c(c1)NCC(O)C2. The number of hydrogen-bond donors (Lipinski definition) is 2. The number of nitrogens with one attached hydrogen (secondary N) is 1. The van der Waals surface area contributed by atoms with Gasteiger partial charge in [0, 0.05) is 24.7 Å². The Morgan fingerprint density at radius 3 is 3.15 bits per heavy atom. The molecule has 13 heavy (non-hydrogen) atoms. The Balaban J connectivity index is 2.31. The van der Waals surface area contributed by atoms with E-state index in [0.29, 0.717) is 6.54 Å². The zero-order valence-corrected chi connectivity index (χ0v) is 7.58. The Morgan fingerprint density at radius 2 is 2.38 bits per heavy atom. The third-order valence-electron chi connectivity index (χ3n) is 2.30. The molecule has 1 aliphatic heterocycles. The topological polar surface area (TPSA) is 41.5 Å². The lowest BCUT2D eigenvalue weighted by Gasteiger charge is -2.22. The van der Waals surface area contributed by atoms with Crippen LogP contribution in [0.25, 0.3) is 0 Å². The van der Waals surface area contributed by atoms with Crippen LogP contribution < -0.4 is 10.1 Å². The second-order valence-electron chi connectivity index (χ2n) is 3.26. The van der Waals surface area contributed by atoms with E-state index in [1.165, 1.54) is 0 Å². The van der Waals surface area contributed by atoms with Crippen LogP contribution >= 0.6 is 0 Å². The van der Waals surface area contributed by atoms with Gasteiger partial charge in [-0.05, 0) is 11.6 Å². The minimum atomic E-state index is -0.263. The predicted octanol–water partition coefficient (Wildman–Crippen LogP) is 1.02. The molecule has 0 aromatic heterocycles. The fourth-order valence-electron chi connectivity index (χ4n) is 1.58. The lowest BCUT2D eigenvalue weighted by molar-refractivity contribution is 0.184. The summed E-state index contributed by atoms with van der Waals surface area (Å²) >= 11 is 0. The van der Waals surface area contributed by atoms with Crippen molar-refractivity contribution in [1.82, 2.24) is 0 Å². The molecular formula is C10H13NO2. The molecule has 0 saturated heterocycles. The summed E-state index contributed by atoms with van der Waals surface area (Å²) in [7, 11) is 1.65. The average molecular weight is 179 g/mol. The fourth-order valence-corrected chi connectivity index (χ4v) is 1.58. The zero-order valence-electron chi connectivity index (χ0n) is 7.58.